The first-order valence-corrected chi connectivity index (χ1v) is 10.7. The van der Waals surface area contributed by atoms with Crippen LogP contribution in [-0.4, -0.2) is 46.2 Å². The van der Waals surface area contributed by atoms with Crippen LogP contribution in [0.2, 0.25) is 0 Å². The molecular formula is C23H25N5O3. The fourth-order valence-electron chi connectivity index (χ4n) is 4.39. The molecule has 1 N–H and O–H groups in total. The van der Waals surface area contributed by atoms with Crippen LogP contribution >= 0.6 is 0 Å². The second-order valence-electron chi connectivity index (χ2n) is 8.29. The maximum absolute atomic E-state index is 12.3. The summed E-state index contributed by atoms with van der Waals surface area (Å²) in [7, 11) is 0. The number of aromatic nitrogens is 3. The normalized spacial score (nSPS) is 16.8. The summed E-state index contributed by atoms with van der Waals surface area (Å²) in [5, 5.41) is 7.47. The van der Waals surface area contributed by atoms with Crippen molar-refractivity contribution in [3.05, 3.63) is 63.1 Å². The summed E-state index contributed by atoms with van der Waals surface area (Å²) in [5.41, 5.74) is 3.88. The van der Waals surface area contributed by atoms with Crippen LogP contribution in [0.15, 0.2) is 35.1 Å². The van der Waals surface area contributed by atoms with Crippen molar-refractivity contribution in [2.24, 2.45) is 0 Å². The molecule has 0 saturated carbocycles. The smallest absolute Gasteiger partial charge is 0.274 e. The van der Waals surface area contributed by atoms with Crippen LogP contribution in [0.1, 0.15) is 40.0 Å². The summed E-state index contributed by atoms with van der Waals surface area (Å²) >= 11 is 0. The SMILES string of the molecule is Cc1cc(=O)n2nc(N3CCC(Oc4ccc5c(c4)C(=O)NCC5)CC3)c(C)cc2n1. The van der Waals surface area contributed by atoms with Gasteiger partial charge in [0.05, 0.1) is 0 Å². The first kappa shape index (κ1) is 19.5. The first-order chi connectivity index (χ1) is 15.0. The molecule has 1 fully saturated rings. The average molecular weight is 419 g/mol. The van der Waals surface area contributed by atoms with Gasteiger partial charge in [-0.2, -0.15) is 4.52 Å². The molecule has 0 spiro atoms. The number of nitrogens with one attached hydrogen (secondary N) is 1. The average Bonchev–Trinajstić information content (AvgIpc) is 2.74. The standard InChI is InChI=1S/C23H25N5O3/c1-14-11-20-25-15(2)12-21(29)28(20)26-22(14)27-9-6-17(7-10-27)31-18-4-3-16-5-8-24-23(30)19(16)13-18/h3-4,11-13,17H,5-10H2,1-2H3,(H,24,30). The van der Waals surface area contributed by atoms with E-state index in [1.165, 1.54) is 10.6 Å². The molecule has 1 amide bonds. The number of carbonyl (C=O) groups excluding carboxylic acids is 1. The van der Waals surface area contributed by atoms with Gasteiger partial charge >= 0.3 is 0 Å². The number of fused-ring (bicyclic) bond motifs is 2. The lowest BCUT2D eigenvalue weighted by atomic mass is 10.00. The zero-order valence-corrected chi connectivity index (χ0v) is 17.7. The lowest BCUT2D eigenvalue weighted by Crippen LogP contribution is -2.39. The fourth-order valence-corrected chi connectivity index (χ4v) is 4.39. The van der Waals surface area contributed by atoms with E-state index in [4.69, 9.17) is 4.74 Å². The maximum atomic E-state index is 12.3. The van der Waals surface area contributed by atoms with Gasteiger partial charge in [0.15, 0.2) is 11.5 Å². The number of aryl methyl sites for hydroxylation is 2. The van der Waals surface area contributed by atoms with Crippen molar-refractivity contribution in [3.63, 3.8) is 0 Å². The summed E-state index contributed by atoms with van der Waals surface area (Å²) in [6, 6.07) is 9.22. The number of hydrogen-bond donors (Lipinski definition) is 1. The molecule has 160 valence electrons. The van der Waals surface area contributed by atoms with Crippen molar-refractivity contribution in [1.82, 2.24) is 19.9 Å². The van der Waals surface area contributed by atoms with Crippen LogP contribution in [-0.2, 0) is 6.42 Å². The highest BCUT2D eigenvalue weighted by molar-refractivity contribution is 5.97. The van der Waals surface area contributed by atoms with Crippen LogP contribution in [0.4, 0.5) is 5.82 Å². The molecule has 0 atom stereocenters. The van der Waals surface area contributed by atoms with Crippen molar-refractivity contribution in [1.29, 1.82) is 0 Å². The Morgan fingerprint density at radius 3 is 2.71 bits per heavy atom. The third kappa shape index (κ3) is 3.73. The molecule has 2 aliphatic heterocycles. The minimum Gasteiger partial charge on any atom is -0.490 e. The second kappa shape index (κ2) is 7.68. The molecule has 0 aliphatic carbocycles. The van der Waals surface area contributed by atoms with E-state index in [1.54, 1.807) is 0 Å². The zero-order chi connectivity index (χ0) is 21.5. The van der Waals surface area contributed by atoms with E-state index in [1.807, 2.05) is 38.1 Å². The van der Waals surface area contributed by atoms with Crippen molar-refractivity contribution >= 4 is 17.4 Å². The van der Waals surface area contributed by atoms with E-state index in [2.05, 4.69) is 20.3 Å². The lowest BCUT2D eigenvalue weighted by molar-refractivity contribution is 0.0944. The van der Waals surface area contributed by atoms with Crippen molar-refractivity contribution < 1.29 is 9.53 Å². The van der Waals surface area contributed by atoms with Crippen LogP contribution in [0.5, 0.6) is 5.75 Å². The summed E-state index contributed by atoms with van der Waals surface area (Å²) in [5.74, 6) is 1.52. The Labute approximate surface area is 179 Å². The highest BCUT2D eigenvalue weighted by atomic mass is 16.5. The van der Waals surface area contributed by atoms with Crippen LogP contribution in [0, 0.1) is 13.8 Å². The molecule has 5 rings (SSSR count). The summed E-state index contributed by atoms with van der Waals surface area (Å²) in [6.45, 7) is 6.06. The molecule has 2 aromatic heterocycles. The Balaban J connectivity index is 1.30. The van der Waals surface area contributed by atoms with E-state index in [0.717, 1.165) is 55.0 Å². The van der Waals surface area contributed by atoms with Crippen molar-refractivity contribution in [2.75, 3.05) is 24.5 Å². The fraction of sp³-hybridized carbons (Fsp3) is 0.391. The van der Waals surface area contributed by atoms with Crippen LogP contribution in [0.25, 0.3) is 5.65 Å². The van der Waals surface area contributed by atoms with Gasteiger partial charge in [0.25, 0.3) is 11.5 Å². The van der Waals surface area contributed by atoms with E-state index >= 15 is 0 Å². The summed E-state index contributed by atoms with van der Waals surface area (Å²) in [4.78, 5) is 31.0. The van der Waals surface area contributed by atoms with Crippen molar-refractivity contribution in [3.8, 4) is 5.75 Å². The number of ether oxygens (including phenoxy) is 1. The molecule has 2 aliphatic rings. The molecule has 8 nitrogen and oxygen atoms in total. The maximum Gasteiger partial charge on any atom is 0.274 e. The summed E-state index contributed by atoms with van der Waals surface area (Å²) in [6.07, 6.45) is 2.61. The van der Waals surface area contributed by atoms with E-state index in [9.17, 15) is 9.59 Å². The lowest BCUT2D eigenvalue weighted by Gasteiger charge is -2.33. The molecule has 0 unspecified atom stereocenters. The Kier molecular flexibility index (Phi) is 4.84. The minimum absolute atomic E-state index is 0.0284. The predicted molar refractivity (Wildman–Crippen MR) is 117 cm³/mol. The van der Waals surface area contributed by atoms with E-state index in [0.29, 0.717) is 23.4 Å². The molecule has 1 saturated heterocycles. The molecule has 8 heteroatoms. The van der Waals surface area contributed by atoms with Gasteiger partial charge in [-0.25, -0.2) is 4.98 Å². The van der Waals surface area contributed by atoms with Gasteiger partial charge in [0, 0.05) is 49.8 Å². The summed E-state index contributed by atoms with van der Waals surface area (Å²) < 4.78 is 7.57. The van der Waals surface area contributed by atoms with Gasteiger partial charge in [-0.3, -0.25) is 9.59 Å². The first-order valence-electron chi connectivity index (χ1n) is 10.7. The van der Waals surface area contributed by atoms with Crippen molar-refractivity contribution in [2.45, 2.75) is 39.2 Å². The largest absolute Gasteiger partial charge is 0.490 e. The van der Waals surface area contributed by atoms with Crippen LogP contribution < -0.4 is 20.5 Å². The highest BCUT2D eigenvalue weighted by Gasteiger charge is 2.24. The number of carbonyl (C=O) groups is 1. The van der Waals surface area contributed by atoms with Gasteiger partial charge in [0.1, 0.15) is 11.9 Å². The number of piperidine rings is 1. The van der Waals surface area contributed by atoms with E-state index in [-0.39, 0.29) is 17.6 Å². The quantitative estimate of drug-likeness (QED) is 0.699. The number of rotatable bonds is 3. The number of nitrogens with zero attached hydrogens (tertiary/aromatic N) is 4. The Morgan fingerprint density at radius 2 is 1.90 bits per heavy atom. The second-order valence-corrected chi connectivity index (χ2v) is 8.29. The number of hydrogen-bond acceptors (Lipinski definition) is 6. The molecule has 0 radical (unpaired) electrons. The number of anilines is 1. The van der Waals surface area contributed by atoms with Gasteiger partial charge in [-0.05, 0) is 49.6 Å². The molecule has 3 aromatic rings. The molecule has 1 aromatic carbocycles. The monoisotopic (exact) mass is 419 g/mol. The van der Waals surface area contributed by atoms with Gasteiger partial charge in [-0.15, -0.1) is 5.10 Å². The third-order valence-electron chi connectivity index (χ3n) is 5.99. The predicted octanol–water partition coefficient (Wildman–Crippen LogP) is 2.04. The van der Waals surface area contributed by atoms with Crippen LogP contribution in [0.3, 0.4) is 0 Å². The topological polar surface area (TPSA) is 88.8 Å². The van der Waals surface area contributed by atoms with E-state index < -0.39 is 0 Å². The zero-order valence-electron chi connectivity index (χ0n) is 17.7. The Bertz CT molecular complexity index is 1230. The van der Waals surface area contributed by atoms with Gasteiger partial charge in [0.2, 0.25) is 0 Å². The molecule has 31 heavy (non-hydrogen) atoms. The minimum atomic E-state index is -0.168. The third-order valence-corrected chi connectivity index (χ3v) is 5.99. The Hall–Kier alpha value is -3.42. The van der Waals surface area contributed by atoms with Gasteiger partial charge in [-0.1, -0.05) is 6.07 Å². The van der Waals surface area contributed by atoms with Gasteiger partial charge < -0.3 is 15.0 Å². The number of amides is 1. The molecule has 0 bridgehead atoms. The molecular weight excluding hydrogens is 394 g/mol. The number of benzene rings is 1. The highest BCUT2D eigenvalue weighted by Crippen LogP contribution is 2.26. The Morgan fingerprint density at radius 1 is 1.10 bits per heavy atom. The molecule has 4 heterocycles.